The van der Waals surface area contributed by atoms with Crippen molar-refractivity contribution in [1.82, 2.24) is 15.0 Å². The number of aliphatic hydroxyl groups excluding tert-OH is 2. The monoisotopic (exact) mass is 266 g/mol. The Balaban J connectivity index is 1.86. The molecule has 0 radical (unpaired) electrons. The van der Waals surface area contributed by atoms with E-state index in [9.17, 15) is 10.2 Å². The van der Waals surface area contributed by atoms with Gasteiger partial charge in [-0.15, -0.1) is 0 Å². The molecule has 2 saturated heterocycles. The molecule has 19 heavy (non-hydrogen) atoms. The number of aromatic nitrogens is 3. The van der Waals surface area contributed by atoms with Crippen LogP contribution in [0.4, 0.5) is 17.8 Å². The third-order valence-electron chi connectivity index (χ3n) is 3.18. The highest BCUT2D eigenvalue weighted by Gasteiger charge is 2.29. The quantitative estimate of drug-likeness (QED) is 0.545. The van der Waals surface area contributed by atoms with Crippen LogP contribution in [0.5, 0.6) is 0 Å². The molecule has 1 aromatic rings. The Labute approximate surface area is 111 Å². The Bertz CT molecular complexity index is 440. The molecule has 104 valence electrons. The van der Waals surface area contributed by atoms with Gasteiger partial charge in [-0.1, -0.05) is 0 Å². The van der Waals surface area contributed by atoms with Gasteiger partial charge in [-0.2, -0.15) is 15.0 Å². The zero-order valence-electron chi connectivity index (χ0n) is 10.9. The highest BCUT2D eigenvalue weighted by Crippen LogP contribution is 2.24. The van der Waals surface area contributed by atoms with Gasteiger partial charge in [0.05, 0.1) is 18.8 Å². The molecule has 0 aromatic carbocycles. The molecular weight excluding hydrogens is 248 g/mol. The fourth-order valence-electron chi connectivity index (χ4n) is 1.59. The molecule has 3 rings (SSSR count). The number of anilines is 3. The Hall–Kier alpha value is -1.67. The second-order valence-electron chi connectivity index (χ2n) is 5.24. The van der Waals surface area contributed by atoms with E-state index in [1.165, 1.54) is 0 Å². The Morgan fingerprint density at radius 1 is 1.00 bits per heavy atom. The SMILES string of the molecule is CC(CO)(CO)Nc1nc(N2CC2)nc(N2CC2)n1. The maximum absolute atomic E-state index is 9.31. The van der Waals surface area contributed by atoms with E-state index in [-0.39, 0.29) is 13.2 Å². The van der Waals surface area contributed by atoms with E-state index in [0.717, 1.165) is 26.2 Å². The van der Waals surface area contributed by atoms with Gasteiger partial charge in [0.25, 0.3) is 0 Å². The molecule has 0 unspecified atom stereocenters. The second kappa shape index (κ2) is 4.46. The van der Waals surface area contributed by atoms with Crippen LogP contribution >= 0.6 is 0 Å². The summed E-state index contributed by atoms with van der Waals surface area (Å²) in [4.78, 5) is 17.1. The second-order valence-corrected chi connectivity index (χ2v) is 5.24. The summed E-state index contributed by atoms with van der Waals surface area (Å²) in [6.07, 6.45) is 0. The number of nitrogens with zero attached hydrogens (tertiary/aromatic N) is 5. The van der Waals surface area contributed by atoms with Crippen molar-refractivity contribution in [2.24, 2.45) is 0 Å². The summed E-state index contributed by atoms with van der Waals surface area (Å²) in [5.74, 6) is 1.69. The average molecular weight is 266 g/mol. The van der Waals surface area contributed by atoms with Crippen LogP contribution in [0.1, 0.15) is 6.92 Å². The topological polar surface area (TPSA) is 97.2 Å². The van der Waals surface area contributed by atoms with Gasteiger partial charge in [-0.25, -0.2) is 0 Å². The first-order valence-corrected chi connectivity index (χ1v) is 6.39. The van der Waals surface area contributed by atoms with Crippen LogP contribution in [0.2, 0.25) is 0 Å². The van der Waals surface area contributed by atoms with E-state index < -0.39 is 5.54 Å². The smallest absolute Gasteiger partial charge is 0.232 e. The predicted molar refractivity (Wildman–Crippen MR) is 70.5 cm³/mol. The first-order chi connectivity index (χ1) is 9.13. The van der Waals surface area contributed by atoms with Crippen molar-refractivity contribution in [1.29, 1.82) is 0 Å². The number of hydrogen-bond donors (Lipinski definition) is 3. The van der Waals surface area contributed by atoms with Gasteiger partial charge in [0.1, 0.15) is 0 Å². The molecule has 2 aliphatic rings. The lowest BCUT2D eigenvalue weighted by atomic mass is 10.1. The van der Waals surface area contributed by atoms with Crippen molar-refractivity contribution in [3.05, 3.63) is 0 Å². The average Bonchev–Trinajstić information content (AvgIpc) is 3.31. The molecule has 3 heterocycles. The summed E-state index contributed by atoms with van der Waals surface area (Å²) in [5, 5.41) is 21.6. The maximum atomic E-state index is 9.31. The Kier molecular flexibility index (Phi) is 2.90. The lowest BCUT2D eigenvalue weighted by molar-refractivity contribution is 0.147. The molecule has 8 heteroatoms. The van der Waals surface area contributed by atoms with Gasteiger partial charge in [0.15, 0.2) is 0 Å². The zero-order chi connectivity index (χ0) is 13.5. The molecule has 0 spiro atoms. The summed E-state index contributed by atoms with van der Waals surface area (Å²) in [6, 6.07) is 0. The van der Waals surface area contributed by atoms with Crippen LogP contribution in [0.25, 0.3) is 0 Å². The van der Waals surface area contributed by atoms with E-state index >= 15 is 0 Å². The lowest BCUT2D eigenvalue weighted by Crippen LogP contribution is -2.43. The lowest BCUT2D eigenvalue weighted by Gasteiger charge is -2.26. The Morgan fingerprint density at radius 3 is 1.84 bits per heavy atom. The van der Waals surface area contributed by atoms with Crippen molar-refractivity contribution in [3.63, 3.8) is 0 Å². The van der Waals surface area contributed by atoms with E-state index in [1.807, 2.05) is 9.80 Å². The fraction of sp³-hybridized carbons (Fsp3) is 0.727. The number of rotatable bonds is 6. The van der Waals surface area contributed by atoms with E-state index in [2.05, 4.69) is 20.3 Å². The largest absolute Gasteiger partial charge is 0.394 e. The Morgan fingerprint density at radius 2 is 1.47 bits per heavy atom. The predicted octanol–water partition coefficient (Wildman–Crippen LogP) is -1.33. The van der Waals surface area contributed by atoms with Crippen molar-refractivity contribution in [3.8, 4) is 0 Å². The van der Waals surface area contributed by atoms with Gasteiger partial charge in [-0.3, -0.25) is 0 Å². The highest BCUT2D eigenvalue weighted by atomic mass is 16.3. The van der Waals surface area contributed by atoms with Crippen LogP contribution in [0.15, 0.2) is 0 Å². The summed E-state index contributed by atoms with van der Waals surface area (Å²) in [5.41, 5.74) is -0.840. The van der Waals surface area contributed by atoms with E-state index in [4.69, 9.17) is 0 Å². The molecule has 0 saturated carbocycles. The summed E-state index contributed by atoms with van der Waals surface area (Å²) >= 11 is 0. The van der Waals surface area contributed by atoms with E-state index in [1.54, 1.807) is 6.92 Å². The molecule has 2 aliphatic heterocycles. The van der Waals surface area contributed by atoms with Gasteiger partial charge >= 0.3 is 0 Å². The van der Waals surface area contributed by atoms with Crippen LogP contribution in [-0.2, 0) is 0 Å². The van der Waals surface area contributed by atoms with E-state index in [0.29, 0.717) is 17.8 Å². The normalized spacial score (nSPS) is 17.6. The molecule has 8 nitrogen and oxygen atoms in total. The first kappa shape index (κ1) is 12.4. The number of aliphatic hydroxyl groups is 2. The molecule has 0 amide bonds. The molecule has 3 N–H and O–H groups in total. The van der Waals surface area contributed by atoms with Gasteiger partial charge in [0.2, 0.25) is 17.8 Å². The molecular formula is C11H18N6O2. The van der Waals surface area contributed by atoms with Crippen molar-refractivity contribution < 1.29 is 10.2 Å². The van der Waals surface area contributed by atoms with Crippen LogP contribution < -0.4 is 15.1 Å². The molecule has 1 aromatic heterocycles. The molecule has 0 bridgehead atoms. The van der Waals surface area contributed by atoms with Crippen molar-refractivity contribution >= 4 is 17.8 Å². The molecule has 0 aliphatic carbocycles. The standard InChI is InChI=1S/C11H18N6O2/c1-11(6-18,7-19)15-8-12-9(16-2-3-16)14-10(13-8)17-4-5-17/h18-19H,2-7H2,1H3,(H,12,13,14,15). The van der Waals surface area contributed by atoms with Crippen molar-refractivity contribution in [2.75, 3.05) is 54.5 Å². The summed E-state index contributed by atoms with van der Waals surface area (Å²) < 4.78 is 0. The fourth-order valence-corrected chi connectivity index (χ4v) is 1.59. The van der Waals surface area contributed by atoms with Crippen LogP contribution in [-0.4, -0.2) is 70.1 Å². The highest BCUT2D eigenvalue weighted by molar-refractivity contribution is 5.50. The minimum Gasteiger partial charge on any atom is -0.394 e. The number of hydrogen-bond acceptors (Lipinski definition) is 8. The van der Waals surface area contributed by atoms with Gasteiger partial charge in [-0.05, 0) is 6.92 Å². The third-order valence-corrected chi connectivity index (χ3v) is 3.18. The van der Waals surface area contributed by atoms with Crippen LogP contribution in [0, 0.1) is 0 Å². The summed E-state index contributed by atoms with van der Waals surface area (Å²) in [6.45, 7) is 5.14. The third kappa shape index (κ3) is 2.69. The minimum atomic E-state index is -0.840. The maximum Gasteiger partial charge on any atom is 0.232 e. The van der Waals surface area contributed by atoms with Gasteiger partial charge in [0, 0.05) is 26.2 Å². The minimum absolute atomic E-state index is 0.201. The van der Waals surface area contributed by atoms with Gasteiger partial charge < -0.3 is 25.3 Å². The zero-order valence-corrected chi connectivity index (χ0v) is 10.9. The molecule has 2 fully saturated rings. The molecule has 0 atom stereocenters. The summed E-state index contributed by atoms with van der Waals surface area (Å²) in [7, 11) is 0. The van der Waals surface area contributed by atoms with Crippen molar-refractivity contribution in [2.45, 2.75) is 12.5 Å². The number of nitrogens with one attached hydrogen (secondary N) is 1. The van der Waals surface area contributed by atoms with Crippen LogP contribution in [0.3, 0.4) is 0 Å². The first-order valence-electron chi connectivity index (χ1n) is 6.39.